The van der Waals surface area contributed by atoms with Crippen LogP contribution in [0, 0.1) is 0 Å². The van der Waals surface area contributed by atoms with Gasteiger partial charge in [0.1, 0.15) is 18.0 Å². The third-order valence-corrected chi connectivity index (χ3v) is 4.81. The Bertz CT molecular complexity index is 793. The van der Waals surface area contributed by atoms with Gasteiger partial charge in [0.2, 0.25) is 0 Å². The van der Waals surface area contributed by atoms with Crippen molar-refractivity contribution in [2.24, 2.45) is 0 Å². The number of hydrogen-bond acceptors (Lipinski definition) is 6. The highest BCUT2D eigenvalue weighted by atomic mass is 16.6. The first-order valence-corrected chi connectivity index (χ1v) is 9.73. The molecule has 0 saturated carbocycles. The monoisotopic (exact) mass is 383 g/mol. The molecule has 2 heterocycles. The van der Waals surface area contributed by atoms with Crippen LogP contribution in [0.5, 0.6) is 0 Å². The molecule has 0 radical (unpaired) electrons. The van der Waals surface area contributed by atoms with Gasteiger partial charge in [0, 0.05) is 37.9 Å². The number of carbonyl (C=O) groups is 1. The molecule has 0 atom stereocenters. The van der Waals surface area contributed by atoms with Gasteiger partial charge < -0.3 is 19.9 Å². The van der Waals surface area contributed by atoms with Crippen LogP contribution < -0.4 is 10.2 Å². The normalized spacial score (nSPS) is 14.7. The topological polar surface area (TPSA) is 70.6 Å². The lowest BCUT2D eigenvalue weighted by atomic mass is 9.87. The minimum Gasteiger partial charge on any atom is -0.450 e. The van der Waals surface area contributed by atoms with Crippen molar-refractivity contribution in [3.05, 3.63) is 42.2 Å². The second-order valence-corrected chi connectivity index (χ2v) is 7.89. The van der Waals surface area contributed by atoms with Crippen LogP contribution in [0.2, 0.25) is 0 Å². The number of nitrogens with one attached hydrogen (secondary N) is 1. The Balaban J connectivity index is 1.62. The Kier molecular flexibility index (Phi) is 6.02. The third kappa shape index (κ3) is 4.91. The van der Waals surface area contributed by atoms with Crippen molar-refractivity contribution in [2.75, 3.05) is 43.0 Å². The van der Waals surface area contributed by atoms with Crippen LogP contribution in [0.1, 0.15) is 33.3 Å². The molecule has 7 nitrogen and oxygen atoms in total. The predicted molar refractivity (Wildman–Crippen MR) is 111 cm³/mol. The third-order valence-electron chi connectivity index (χ3n) is 4.81. The van der Waals surface area contributed by atoms with Crippen molar-refractivity contribution in [1.29, 1.82) is 0 Å². The van der Waals surface area contributed by atoms with Gasteiger partial charge in [-0.3, -0.25) is 0 Å². The van der Waals surface area contributed by atoms with Gasteiger partial charge in [-0.2, -0.15) is 0 Å². The van der Waals surface area contributed by atoms with E-state index in [0.29, 0.717) is 19.7 Å². The molecule has 150 valence electrons. The Morgan fingerprint density at radius 3 is 2.39 bits per heavy atom. The number of rotatable bonds is 4. The summed E-state index contributed by atoms with van der Waals surface area (Å²) < 4.78 is 5.07. The maximum atomic E-state index is 11.8. The zero-order valence-electron chi connectivity index (χ0n) is 17.1. The zero-order chi connectivity index (χ0) is 20.1. The molecule has 1 fully saturated rings. The molecule has 28 heavy (non-hydrogen) atoms. The SMILES string of the molecule is CCOC(=O)N1CCN(c2cc(Nc3ccc(C(C)(C)C)cc3)ncn2)CC1. The van der Waals surface area contributed by atoms with Crippen LogP contribution in [0.25, 0.3) is 0 Å². The van der Waals surface area contributed by atoms with Crippen molar-refractivity contribution >= 4 is 23.4 Å². The van der Waals surface area contributed by atoms with Crippen molar-refractivity contribution in [3.63, 3.8) is 0 Å². The van der Waals surface area contributed by atoms with E-state index in [1.54, 1.807) is 11.2 Å². The van der Waals surface area contributed by atoms with Crippen LogP contribution >= 0.6 is 0 Å². The lowest BCUT2D eigenvalue weighted by molar-refractivity contribution is 0.105. The molecule has 0 bridgehead atoms. The molecular formula is C21H29N5O2. The number of hydrogen-bond donors (Lipinski definition) is 1. The van der Waals surface area contributed by atoms with Crippen molar-refractivity contribution in [1.82, 2.24) is 14.9 Å². The molecule has 2 aromatic rings. The van der Waals surface area contributed by atoms with Gasteiger partial charge in [-0.1, -0.05) is 32.9 Å². The summed E-state index contributed by atoms with van der Waals surface area (Å²) in [6, 6.07) is 10.4. The standard InChI is InChI=1S/C21H29N5O2/c1-5-28-20(27)26-12-10-25(11-13-26)19-14-18(22-15-23-19)24-17-8-6-16(7-9-17)21(2,3)4/h6-9,14-15H,5,10-13H2,1-4H3,(H,22,23,24). The van der Waals surface area contributed by atoms with E-state index in [4.69, 9.17) is 4.74 Å². The maximum Gasteiger partial charge on any atom is 0.409 e. The molecule has 0 aliphatic carbocycles. The zero-order valence-corrected chi connectivity index (χ0v) is 17.1. The summed E-state index contributed by atoms with van der Waals surface area (Å²) >= 11 is 0. The molecule has 0 spiro atoms. The number of nitrogens with zero attached hydrogens (tertiary/aromatic N) is 4. The lowest BCUT2D eigenvalue weighted by Gasteiger charge is -2.34. The lowest BCUT2D eigenvalue weighted by Crippen LogP contribution is -2.49. The first-order valence-electron chi connectivity index (χ1n) is 9.73. The molecule has 0 unspecified atom stereocenters. The number of piperazine rings is 1. The van der Waals surface area contributed by atoms with E-state index < -0.39 is 0 Å². The molecular weight excluding hydrogens is 354 g/mol. The van der Waals surface area contributed by atoms with Gasteiger partial charge in [-0.05, 0) is 30.0 Å². The Hall–Kier alpha value is -2.83. The number of aromatic nitrogens is 2. The Morgan fingerprint density at radius 2 is 1.79 bits per heavy atom. The quantitative estimate of drug-likeness (QED) is 0.866. The average Bonchev–Trinajstić information content (AvgIpc) is 2.68. The molecule has 1 aromatic carbocycles. The van der Waals surface area contributed by atoms with Gasteiger partial charge in [-0.15, -0.1) is 0 Å². The summed E-state index contributed by atoms with van der Waals surface area (Å²) in [6.07, 6.45) is 1.32. The summed E-state index contributed by atoms with van der Waals surface area (Å²) in [6.45, 7) is 11.5. The fourth-order valence-corrected chi connectivity index (χ4v) is 3.12. The Labute approximate surface area is 166 Å². The first-order chi connectivity index (χ1) is 13.4. The van der Waals surface area contributed by atoms with Crippen LogP contribution in [-0.2, 0) is 10.2 Å². The van der Waals surface area contributed by atoms with Crippen molar-refractivity contribution in [3.8, 4) is 0 Å². The van der Waals surface area contributed by atoms with E-state index >= 15 is 0 Å². The molecule has 1 aliphatic heterocycles. The van der Waals surface area contributed by atoms with Crippen LogP contribution in [0.3, 0.4) is 0 Å². The summed E-state index contributed by atoms with van der Waals surface area (Å²) in [5, 5.41) is 3.34. The van der Waals surface area contributed by atoms with E-state index in [9.17, 15) is 4.79 Å². The minimum atomic E-state index is -0.245. The van der Waals surface area contributed by atoms with Crippen LogP contribution in [0.15, 0.2) is 36.7 Å². The molecule has 3 rings (SSSR count). The minimum absolute atomic E-state index is 0.131. The molecule has 1 aliphatic rings. The Morgan fingerprint density at radius 1 is 1.11 bits per heavy atom. The largest absolute Gasteiger partial charge is 0.450 e. The van der Waals surface area contributed by atoms with Gasteiger partial charge in [0.15, 0.2) is 0 Å². The smallest absolute Gasteiger partial charge is 0.409 e. The highest BCUT2D eigenvalue weighted by Gasteiger charge is 2.23. The van der Waals surface area contributed by atoms with Gasteiger partial charge in [-0.25, -0.2) is 14.8 Å². The molecule has 1 N–H and O–H groups in total. The summed E-state index contributed by atoms with van der Waals surface area (Å²) in [5.41, 5.74) is 2.41. The van der Waals surface area contributed by atoms with Crippen molar-refractivity contribution < 1.29 is 9.53 Å². The number of carbonyl (C=O) groups excluding carboxylic acids is 1. The highest BCUT2D eigenvalue weighted by molar-refractivity contribution is 5.68. The molecule has 1 saturated heterocycles. The predicted octanol–water partition coefficient (Wildman–Crippen LogP) is 3.80. The molecule has 7 heteroatoms. The highest BCUT2D eigenvalue weighted by Crippen LogP contribution is 2.25. The second-order valence-electron chi connectivity index (χ2n) is 7.89. The fourth-order valence-electron chi connectivity index (χ4n) is 3.12. The van der Waals surface area contributed by atoms with E-state index in [-0.39, 0.29) is 11.5 Å². The average molecular weight is 383 g/mol. The number of amides is 1. The van der Waals surface area contributed by atoms with E-state index in [1.165, 1.54) is 5.56 Å². The fraction of sp³-hybridized carbons (Fsp3) is 0.476. The number of ether oxygens (including phenoxy) is 1. The van der Waals surface area contributed by atoms with Gasteiger partial charge in [0.25, 0.3) is 0 Å². The summed E-state index contributed by atoms with van der Waals surface area (Å²) in [7, 11) is 0. The van der Waals surface area contributed by atoms with E-state index in [2.05, 4.69) is 65.2 Å². The van der Waals surface area contributed by atoms with Gasteiger partial charge >= 0.3 is 6.09 Å². The van der Waals surface area contributed by atoms with E-state index in [1.807, 2.05) is 13.0 Å². The maximum absolute atomic E-state index is 11.8. The summed E-state index contributed by atoms with van der Waals surface area (Å²) in [5.74, 6) is 1.61. The number of benzene rings is 1. The van der Waals surface area contributed by atoms with Gasteiger partial charge in [0.05, 0.1) is 6.61 Å². The molecule has 1 amide bonds. The first kappa shape index (κ1) is 19.9. The van der Waals surface area contributed by atoms with E-state index in [0.717, 1.165) is 30.4 Å². The second kappa shape index (κ2) is 8.46. The number of anilines is 3. The van der Waals surface area contributed by atoms with Crippen LogP contribution in [-0.4, -0.2) is 53.7 Å². The van der Waals surface area contributed by atoms with Crippen molar-refractivity contribution in [2.45, 2.75) is 33.1 Å². The summed E-state index contributed by atoms with van der Waals surface area (Å²) in [4.78, 5) is 24.5. The van der Waals surface area contributed by atoms with Crippen LogP contribution in [0.4, 0.5) is 22.1 Å². The molecule has 1 aromatic heterocycles.